The van der Waals surface area contributed by atoms with E-state index in [-0.39, 0.29) is 35.6 Å². The predicted octanol–water partition coefficient (Wildman–Crippen LogP) is 5.39. The van der Waals surface area contributed by atoms with Crippen molar-refractivity contribution in [2.24, 2.45) is 5.14 Å². The van der Waals surface area contributed by atoms with Gasteiger partial charge in [-0.15, -0.1) is 24.8 Å². The highest BCUT2D eigenvalue weighted by Gasteiger charge is 2.33. The highest BCUT2D eigenvalue weighted by molar-refractivity contribution is 8.27. The Hall–Kier alpha value is -2.68. The second kappa shape index (κ2) is 16.1. The average Bonchev–Trinajstić information content (AvgIpc) is 3.25. The first kappa shape index (κ1) is 35.8. The molecule has 2 heterocycles. The second-order valence-electron chi connectivity index (χ2n) is 10.0. The number of halogens is 2. The summed E-state index contributed by atoms with van der Waals surface area (Å²) in [5.41, 5.74) is 1.51. The van der Waals surface area contributed by atoms with E-state index >= 15 is 0 Å². The molecule has 2 aliphatic rings. The Kier molecular flexibility index (Phi) is 13.1. The predicted molar refractivity (Wildman–Crippen MR) is 185 cm³/mol. The molecule has 0 aliphatic carbocycles. The third-order valence-electron chi connectivity index (χ3n) is 6.94. The van der Waals surface area contributed by atoms with Crippen LogP contribution in [-0.2, 0) is 14.8 Å². The van der Waals surface area contributed by atoms with Crippen LogP contribution in [0.15, 0.2) is 82.6 Å². The van der Waals surface area contributed by atoms with E-state index in [1.165, 1.54) is 40.9 Å². The van der Waals surface area contributed by atoms with Crippen LogP contribution in [0.5, 0.6) is 17.2 Å². The number of anilines is 1. The summed E-state index contributed by atoms with van der Waals surface area (Å²) in [5, 5.41) is 5.13. The molecule has 44 heavy (non-hydrogen) atoms. The zero-order chi connectivity index (χ0) is 29.7. The lowest BCUT2D eigenvalue weighted by Gasteiger charge is -2.32. The largest absolute Gasteiger partial charge is 0.494 e. The lowest BCUT2D eigenvalue weighted by atomic mass is 10.2. The van der Waals surface area contributed by atoms with Crippen LogP contribution in [0, 0.1) is 0 Å². The number of ether oxygens (including phenoxy) is 2. The van der Waals surface area contributed by atoms with Crippen LogP contribution in [0.2, 0.25) is 0 Å². The lowest BCUT2D eigenvalue weighted by molar-refractivity contribution is -0.113. The van der Waals surface area contributed by atoms with Crippen LogP contribution in [0.25, 0.3) is 6.08 Å². The van der Waals surface area contributed by atoms with Gasteiger partial charge in [-0.3, -0.25) is 9.69 Å². The van der Waals surface area contributed by atoms with Crippen LogP contribution >= 0.6 is 48.8 Å². The number of likely N-dealkylation sites (N-methyl/N-ethyl adjacent to an activating group) is 1. The Labute approximate surface area is 280 Å². The van der Waals surface area contributed by atoms with E-state index in [1.54, 1.807) is 18.2 Å². The monoisotopic (exact) mass is 696 g/mol. The molecule has 0 spiro atoms. The van der Waals surface area contributed by atoms with Gasteiger partial charge >= 0.3 is 0 Å². The van der Waals surface area contributed by atoms with Gasteiger partial charge in [0.05, 0.1) is 22.1 Å². The highest BCUT2D eigenvalue weighted by atomic mass is 35.5. The topological polar surface area (TPSA) is 105 Å². The number of piperazine rings is 1. The number of hydrogen-bond acceptors (Lipinski definition) is 9. The van der Waals surface area contributed by atoms with Gasteiger partial charge in [-0.1, -0.05) is 36.1 Å². The van der Waals surface area contributed by atoms with Gasteiger partial charge in [-0.2, -0.15) is 0 Å². The number of thioether (sulfide) groups is 1. The van der Waals surface area contributed by atoms with Crippen molar-refractivity contribution in [3.63, 3.8) is 0 Å². The van der Waals surface area contributed by atoms with Crippen molar-refractivity contribution in [1.82, 2.24) is 9.80 Å². The number of rotatable bonds is 10. The molecule has 236 valence electrons. The Morgan fingerprint density at radius 2 is 1.45 bits per heavy atom. The van der Waals surface area contributed by atoms with E-state index < -0.39 is 10.0 Å². The number of benzene rings is 3. The fourth-order valence-corrected chi connectivity index (χ4v) is 6.36. The number of hydrogen-bond donors (Lipinski definition) is 1. The summed E-state index contributed by atoms with van der Waals surface area (Å²) >= 11 is 6.78. The van der Waals surface area contributed by atoms with Gasteiger partial charge in [0, 0.05) is 32.7 Å². The normalized spacial score (nSPS) is 16.9. The van der Waals surface area contributed by atoms with Crippen LogP contribution in [0.1, 0.15) is 12.0 Å². The molecule has 2 aliphatic heterocycles. The maximum absolute atomic E-state index is 13.2. The van der Waals surface area contributed by atoms with Crippen molar-refractivity contribution in [1.29, 1.82) is 0 Å². The van der Waals surface area contributed by atoms with Gasteiger partial charge < -0.3 is 19.3 Å². The summed E-state index contributed by atoms with van der Waals surface area (Å²) in [6.45, 7) is 6.10. The molecule has 0 atom stereocenters. The average molecular weight is 698 g/mol. The third kappa shape index (κ3) is 9.41. The summed E-state index contributed by atoms with van der Waals surface area (Å²) in [4.78, 5) is 20.1. The molecule has 1 amide bonds. The van der Waals surface area contributed by atoms with Gasteiger partial charge in [0.25, 0.3) is 5.91 Å². The fourth-order valence-electron chi connectivity index (χ4n) is 4.55. The number of nitrogens with two attached hydrogens (primary N) is 1. The molecule has 9 nitrogen and oxygen atoms in total. The van der Waals surface area contributed by atoms with Crippen LogP contribution in [0.4, 0.5) is 5.69 Å². The number of carbonyl (C=O) groups excluding carboxylic acids is 1. The molecular weight excluding hydrogens is 663 g/mol. The minimum absolute atomic E-state index is 0. The molecule has 0 bridgehead atoms. The molecule has 0 unspecified atom stereocenters. The minimum Gasteiger partial charge on any atom is -0.494 e. The summed E-state index contributed by atoms with van der Waals surface area (Å²) in [7, 11) is -1.61. The van der Waals surface area contributed by atoms with Crippen molar-refractivity contribution in [2.75, 3.05) is 51.3 Å². The molecule has 2 fully saturated rings. The van der Waals surface area contributed by atoms with Crippen molar-refractivity contribution < 1.29 is 22.7 Å². The fraction of sp³-hybridized carbons (Fsp3) is 0.267. The van der Waals surface area contributed by atoms with E-state index in [0.717, 1.165) is 50.5 Å². The van der Waals surface area contributed by atoms with Gasteiger partial charge in [0.15, 0.2) is 4.32 Å². The molecule has 0 saturated carbocycles. The summed E-state index contributed by atoms with van der Waals surface area (Å²) < 4.78 is 35.0. The lowest BCUT2D eigenvalue weighted by Crippen LogP contribution is -2.44. The van der Waals surface area contributed by atoms with Crippen molar-refractivity contribution in [3.8, 4) is 17.2 Å². The molecule has 3 aromatic carbocycles. The SMILES string of the molecule is CN1CCN(CCCOc2ccc(N3C(=O)C(=Cc4ccc(Oc5ccc(S(N)(=O)=O)cc5)cc4)SC3=S)cc2)CC1.Cl.Cl. The maximum atomic E-state index is 13.2. The number of thiocarbonyl (C=S) groups is 1. The number of sulfonamides is 1. The van der Waals surface area contributed by atoms with Gasteiger partial charge in [-0.25, -0.2) is 13.6 Å². The van der Waals surface area contributed by atoms with E-state index in [9.17, 15) is 13.2 Å². The van der Waals surface area contributed by atoms with Gasteiger partial charge in [0.1, 0.15) is 17.2 Å². The Balaban J connectivity index is 0.00000264. The second-order valence-corrected chi connectivity index (χ2v) is 13.3. The summed E-state index contributed by atoms with van der Waals surface area (Å²) in [6, 6.07) is 20.5. The molecule has 0 radical (unpaired) electrons. The zero-order valence-corrected chi connectivity index (χ0v) is 28.0. The van der Waals surface area contributed by atoms with Crippen molar-refractivity contribution in [3.05, 3.63) is 83.3 Å². The zero-order valence-electron chi connectivity index (χ0n) is 24.0. The van der Waals surface area contributed by atoms with Crippen LogP contribution < -0.4 is 19.5 Å². The van der Waals surface area contributed by atoms with E-state index in [4.69, 9.17) is 26.8 Å². The van der Waals surface area contributed by atoms with E-state index in [2.05, 4.69) is 16.8 Å². The molecule has 5 rings (SSSR count). The molecule has 2 saturated heterocycles. The quantitative estimate of drug-likeness (QED) is 0.170. The molecule has 3 aromatic rings. The summed E-state index contributed by atoms with van der Waals surface area (Å²) in [6.07, 6.45) is 2.76. The van der Waals surface area contributed by atoms with Crippen LogP contribution in [-0.4, -0.2) is 74.8 Å². The number of nitrogens with zero attached hydrogens (tertiary/aromatic N) is 3. The highest BCUT2D eigenvalue weighted by Crippen LogP contribution is 2.37. The standard InChI is InChI=1S/C30H32N4O5S3.2ClH/c1-32-16-18-33(19-17-32)15-2-20-38-24-9-5-23(6-10-24)34-29(35)28(41-30(34)40)21-22-3-7-25(8-4-22)39-26-11-13-27(14-12-26)42(31,36)37;;/h3-14,21H,2,15-20H2,1H3,(H2,31,36,37);2*1H. The van der Waals surface area contributed by atoms with Crippen molar-refractivity contribution >= 4 is 80.8 Å². The Morgan fingerprint density at radius 1 is 0.886 bits per heavy atom. The van der Waals surface area contributed by atoms with E-state index in [0.29, 0.717) is 33.0 Å². The Bertz CT molecular complexity index is 1560. The minimum atomic E-state index is -3.76. The number of primary sulfonamides is 1. The molecule has 0 aromatic heterocycles. The smallest absolute Gasteiger partial charge is 0.270 e. The van der Waals surface area contributed by atoms with Gasteiger partial charge in [0.2, 0.25) is 10.0 Å². The third-order valence-corrected chi connectivity index (χ3v) is 9.17. The first-order valence-electron chi connectivity index (χ1n) is 13.5. The molecule has 14 heteroatoms. The van der Waals surface area contributed by atoms with Gasteiger partial charge in [-0.05, 0) is 85.8 Å². The van der Waals surface area contributed by atoms with Crippen molar-refractivity contribution in [2.45, 2.75) is 11.3 Å². The maximum Gasteiger partial charge on any atom is 0.270 e. The van der Waals surface area contributed by atoms with E-state index in [1.807, 2.05) is 36.4 Å². The molecule has 2 N–H and O–H groups in total. The first-order valence-corrected chi connectivity index (χ1v) is 16.3. The van der Waals surface area contributed by atoms with Crippen LogP contribution in [0.3, 0.4) is 0 Å². The molecular formula is C30H34Cl2N4O5S3. The Morgan fingerprint density at radius 3 is 2.05 bits per heavy atom. The number of carbonyl (C=O) groups is 1. The summed E-state index contributed by atoms with van der Waals surface area (Å²) in [5.74, 6) is 1.62. The number of amides is 1. The first-order chi connectivity index (χ1) is 20.2.